The van der Waals surface area contributed by atoms with Crippen LogP contribution in [0.15, 0.2) is 58.7 Å². The van der Waals surface area contributed by atoms with Gasteiger partial charge in [0.1, 0.15) is 5.52 Å². The zero-order valence-electron chi connectivity index (χ0n) is 17.6. The van der Waals surface area contributed by atoms with E-state index in [1.54, 1.807) is 41.8 Å². The Hall–Kier alpha value is -4.25. The van der Waals surface area contributed by atoms with Crippen molar-refractivity contribution in [1.82, 2.24) is 15.0 Å². The zero-order chi connectivity index (χ0) is 23.4. The molecule has 33 heavy (non-hydrogen) atoms. The molecule has 4 rings (SSSR count). The number of benzene rings is 2. The summed E-state index contributed by atoms with van der Waals surface area (Å²) in [4.78, 5) is 38.5. The lowest BCUT2D eigenvalue weighted by molar-refractivity contribution is 0.0337. The maximum atomic E-state index is 12.9. The fourth-order valence-corrected chi connectivity index (χ4v) is 3.67. The standard InChI is InChI=1S/C22H18N4O6S/c1-30-17-10-14(16(11-18(17)31-2)23-20(27)19-8-5-9-33-19)22(29)32-12-26-21(28)13-6-3-4-7-15(13)24-25-26/h3-11H,12H2,1-2H3,(H,23,27). The smallest absolute Gasteiger partial charge is 0.342 e. The maximum Gasteiger partial charge on any atom is 0.342 e. The highest BCUT2D eigenvalue weighted by Crippen LogP contribution is 2.34. The van der Waals surface area contributed by atoms with Crippen LogP contribution in [0.5, 0.6) is 11.5 Å². The second-order valence-electron chi connectivity index (χ2n) is 6.66. The van der Waals surface area contributed by atoms with Crippen LogP contribution in [0, 0.1) is 0 Å². The summed E-state index contributed by atoms with van der Waals surface area (Å²) in [6, 6.07) is 13.0. The van der Waals surface area contributed by atoms with Crippen molar-refractivity contribution in [1.29, 1.82) is 0 Å². The first-order valence-corrected chi connectivity index (χ1v) is 10.5. The van der Waals surface area contributed by atoms with Gasteiger partial charge in [-0.15, -0.1) is 16.4 Å². The van der Waals surface area contributed by atoms with Crippen molar-refractivity contribution in [2.45, 2.75) is 6.73 Å². The number of nitrogens with zero attached hydrogens (tertiary/aromatic N) is 3. The quantitative estimate of drug-likeness (QED) is 0.413. The highest BCUT2D eigenvalue weighted by molar-refractivity contribution is 7.12. The number of carbonyl (C=O) groups excluding carboxylic acids is 2. The summed E-state index contributed by atoms with van der Waals surface area (Å²) in [5, 5.41) is 12.6. The Labute approximate surface area is 191 Å². The molecule has 0 atom stereocenters. The molecule has 2 aromatic carbocycles. The van der Waals surface area contributed by atoms with Crippen LogP contribution in [-0.4, -0.2) is 41.1 Å². The second-order valence-corrected chi connectivity index (χ2v) is 7.60. The first-order chi connectivity index (χ1) is 16.0. The number of fused-ring (bicyclic) bond motifs is 1. The van der Waals surface area contributed by atoms with Gasteiger partial charge in [0, 0.05) is 12.1 Å². The van der Waals surface area contributed by atoms with E-state index in [4.69, 9.17) is 14.2 Å². The minimum Gasteiger partial charge on any atom is -0.493 e. The molecule has 11 heteroatoms. The van der Waals surface area contributed by atoms with E-state index in [0.717, 1.165) is 4.68 Å². The van der Waals surface area contributed by atoms with Crippen LogP contribution >= 0.6 is 11.3 Å². The maximum absolute atomic E-state index is 12.9. The number of methoxy groups -OCH3 is 2. The van der Waals surface area contributed by atoms with E-state index in [2.05, 4.69) is 15.6 Å². The lowest BCUT2D eigenvalue weighted by atomic mass is 10.1. The van der Waals surface area contributed by atoms with Crippen molar-refractivity contribution < 1.29 is 23.8 Å². The molecule has 0 aliphatic heterocycles. The molecule has 4 aromatic rings. The van der Waals surface area contributed by atoms with Crippen molar-refractivity contribution in [3.63, 3.8) is 0 Å². The molecule has 2 aromatic heterocycles. The molecule has 0 saturated carbocycles. The summed E-state index contributed by atoms with van der Waals surface area (Å²) in [5.41, 5.74) is 0.155. The number of carbonyl (C=O) groups is 2. The van der Waals surface area contributed by atoms with Gasteiger partial charge < -0.3 is 19.5 Å². The number of hydrogen-bond donors (Lipinski definition) is 1. The SMILES string of the molecule is COc1cc(NC(=O)c2cccs2)c(C(=O)OCn2nnc3ccccc3c2=O)cc1OC. The van der Waals surface area contributed by atoms with Crippen LogP contribution in [0.1, 0.15) is 20.0 Å². The van der Waals surface area contributed by atoms with Gasteiger partial charge in [-0.2, -0.15) is 4.68 Å². The summed E-state index contributed by atoms with van der Waals surface area (Å²) in [6.45, 7) is -0.470. The molecule has 0 radical (unpaired) electrons. The van der Waals surface area contributed by atoms with Gasteiger partial charge >= 0.3 is 5.97 Å². The minimum absolute atomic E-state index is 0.0133. The Balaban J connectivity index is 1.62. The number of anilines is 1. The molecule has 0 unspecified atom stereocenters. The van der Waals surface area contributed by atoms with E-state index >= 15 is 0 Å². The predicted octanol–water partition coefficient (Wildman–Crippen LogP) is 2.94. The number of rotatable bonds is 7. The molecule has 0 fully saturated rings. The molecule has 1 amide bonds. The monoisotopic (exact) mass is 466 g/mol. The largest absolute Gasteiger partial charge is 0.493 e. The van der Waals surface area contributed by atoms with Gasteiger partial charge in [0.25, 0.3) is 11.5 Å². The van der Waals surface area contributed by atoms with E-state index in [1.807, 2.05) is 0 Å². The van der Waals surface area contributed by atoms with E-state index < -0.39 is 24.2 Å². The van der Waals surface area contributed by atoms with Crippen LogP contribution in [0.4, 0.5) is 5.69 Å². The third-order valence-corrected chi connectivity index (χ3v) is 5.55. The van der Waals surface area contributed by atoms with Crippen molar-refractivity contribution in [2.75, 3.05) is 19.5 Å². The number of esters is 1. The Morgan fingerprint density at radius 1 is 1.06 bits per heavy atom. The average Bonchev–Trinajstić information content (AvgIpc) is 3.38. The van der Waals surface area contributed by atoms with Crippen LogP contribution < -0.4 is 20.3 Å². The van der Waals surface area contributed by atoms with E-state index in [-0.39, 0.29) is 17.0 Å². The molecule has 0 aliphatic rings. The molecule has 168 valence electrons. The predicted molar refractivity (Wildman–Crippen MR) is 121 cm³/mol. The number of aromatic nitrogens is 3. The molecular weight excluding hydrogens is 448 g/mol. The number of ether oxygens (including phenoxy) is 3. The van der Waals surface area contributed by atoms with Gasteiger partial charge in [-0.3, -0.25) is 9.59 Å². The van der Waals surface area contributed by atoms with Crippen molar-refractivity contribution >= 4 is 39.8 Å². The Morgan fingerprint density at radius 2 is 1.82 bits per heavy atom. The summed E-state index contributed by atoms with van der Waals surface area (Å²) in [6.07, 6.45) is 0. The topological polar surface area (TPSA) is 122 Å². The van der Waals surface area contributed by atoms with E-state index in [9.17, 15) is 14.4 Å². The van der Waals surface area contributed by atoms with E-state index in [1.165, 1.54) is 37.7 Å². The van der Waals surface area contributed by atoms with Crippen molar-refractivity contribution in [3.05, 3.63) is 74.7 Å². The summed E-state index contributed by atoms with van der Waals surface area (Å²) in [7, 11) is 2.85. The molecular formula is C22H18N4O6S. The number of nitrogens with one attached hydrogen (secondary N) is 1. The Bertz CT molecular complexity index is 1380. The molecule has 0 spiro atoms. The number of amides is 1. The lowest BCUT2D eigenvalue weighted by Gasteiger charge is -2.15. The third kappa shape index (κ3) is 4.53. The van der Waals surface area contributed by atoms with Crippen molar-refractivity contribution in [2.24, 2.45) is 0 Å². The zero-order valence-corrected chi connectivity index (χ0v) is 18.4. The fraction of sp³-hybridized carbons (Fsp3) is 0.136. The Morgan fingerprint density at radius 3 is 2.55 bits per heavy atom. The van der Waals surface area contributed by atoms with Crippen LogP contribution in [0.25, 0.3) is 10.9 Å². The van der Waals surface area contributed by atoms with Gasteiger partial charge in [-0.05, 0) is 23.6 Å². The second kappa shape index (κ2) is 9.49. The van der Waals surface area contributed by atoms with Gasteiger partial charge in [0.2, 0.25) is 0 Å². The fourth-order valence-electron chi connectivity index (χ4n) is 3.05. The van der Waals surface area contributed by atoms with Crippen LogP contribution in [0.3, 0.4) is 0 Å². The Kier molecular flexibility index (Phi) is 6.31. The highest BCUT2D eigenvalue weighted by atomic mass is 32.1. The summed E-state index contributed by atoms with van der Waals surface area (Å²) in [5.74, 6) is -0.629. The van der Waals surface area contributed by atoms with Gasteiger partial charge in [-0.1, -0.05) is 23.4 Å². The molecule has 0 saturated heterocycles. The molecule has 10 nitrogen and oxygen atoms in total. The number of thiophene rings is 1. The van der Waals surface area contributed by atoms with Crippen LogP contribution in [-0.2, 0) is 11.5 Å². The average molecular weight is 466 g/mol. The van der Waals surface area contributed by atoms with Crippen LogP contribution in [0.2, 0.25) is 0 Å². The van der Waals surface area contributed by atoms with E-state index in [0.29, 0.717) is 21.5 Å². The van der Waals surface area contributed by atoms with Crippen molar-refractivity contribution in [3.8, 4) is 11.5 Å². The molecule has 2 heterocycles. The lowest BCUT2D eigenvalue weighted by Crippen LogP contribution is -2.27. The van der Waals surface area contributed by atoms with Gasteiger partial charge in [0.05, 0.1) is 35.7 Å². The normalized spacial score (nSPS) is 10.6. The number of hydrogen-bond acceptors (Lipinski definition) is 9. The molecule has 0 aliphatic carbocycles. The van der Waals surface area contributed by atoms with Gasteiger partial charge in [0.15, 0.2) is 18.2 Å². The summed E-state index contributed by atoms with van der Waals surface area (Å²) >= 11 is 1.25. The highest BCUT2D eigenvalue weighted by Gasteiger charge is 2.21. The summed E-state index contributed by atoms with van der Waals surface area (Å²) < 4.78 is 16.8. The van der Waals surface area contributed by atoms with Gasteiger partial charge in [-0.25, -0.2) is 4.79 Å². The molecule has 1 N–H and O–H groups in total. The third-order valence-electron chi connectivity index (χ3n) is 4.68. The minimum atomic E-state index is -0.806. The molecule has 0 bridgehead atoms. The first-order valence-electron chi connectivity index (χ1n) is 9.62. The first kappa shape index (κ1) is 22.0.